The van der Waals surface area contributed by atoms with Gasteiger partial charge in [-0.2, -0.15) is 4.37 Å². The van der Waals surface area contributed by atoms with E-state index in [0.717, 1.165) is 24.5 Å². The summed E-state index contributed by atoms with van der Waals surface area (Å²) < 4.78 is 5.78. The minimum Gasteiger partial charge on any atom is -0.352 e. The first-order valence-corrected chi connectivity index (χ1v) is 10.5. The van der Waals surface area contributed by atoms with Crippen LogP contribution in [0.1, 0.15) is 18.4 Å². The summed E-state index contributed by atoms with van der Waals surface area (Å²) in [7, 11) is 0. The number of amides is 2. The van der Waals surface area contributed by atoms with Crippen LogP contribution in [0.15, 0.2) is 48.8 Å². The molecule has 8 heteroatoms. The maximum absolute atomic E-state index is 12.5. The number of piperazine rings is 1. The van der Waals surface area contributed by atoms with Crippen molar-refractivity contribution in [3.8, 4) is 0 Å². The van der Waals surface area contributed by atoms with Crippen LogP contribution >= 0.6 is 11.5 Å². The predicted octanol–water partition coefficient (Wildman–Crippen LogP) is 2.44. The largest absolute Gasteiger partial charge is 0.352 e. The molecule has 3 aromatic rings. The van der Waals surface area contributed by atoms with Crippen molar-refractivity contribution < 1.29 is 9.59 Å². The summed E-state index contributed by atoms with van der Waals surface area (Å²) in [5.41, 5.74) is 0.942. The lowest BCUT2D eigenvalue weighted by molar-refractivity contribution is -0.133. The van der Waals surface area contributed by atoms with E-state index in [1.807, 2.05) is 29.2 Å². The molecule has 0 saturated carbocycles. The lowest BCUT2D eigenvalue weighted by Gasteiger charge is -2.35. The molecule has 0 spiro atoms. The summed E-state index contributed by atoms with van der Waals surface area (Å²) in [5, 5.41) is 4.00. The summed E-state index contributed by atoms with van der Waals surface area (Å²) in [5.74, 6) is 0.923. The number of pyridine rings is 1. The van der Waals surface area contributed by atoms with Gasteiger partial charge in [0, 0.05) is 63.3 Å². The lowest BCUT2D eigenvalue weighted by Crippen LogP contribution is -2.49. The third-order valence-corrected chi connectivity index (χ3v) is 5.89. The van der Waals surface area contributed by atoms with Crippen molar-refractivity contribution in [3.05, 3.63) is 54.4 Å². The fourth-order valence-corrected chi connectivity index (χ4v) is 4.23. The van der Waals surface area contributed by atoms with Crippen LogP contribution in [-0.4, -0.2) is 52.3 Å². The second-order valence-electron chi connectivity index (χ2n) is 7.01. The number of rotatable bonds is 6. The van der Waals surface area contributed by atoms with Gasteiger partial charge in [-0.15, -0.1) is 0 Å². The zero-order valence-corrected chi connectivity index (χ0v) is 16.9. The zero-order valence-electron chi connectivity index (χ0n) is 16.1. The Morgan fingerprint density at radius 3 is 2.66 bits per heavy atom. The monoisotopic (exact) mass is 409 g/mol. The zero-order chi connectivity index (χ0) is 20.1. The standard InChI is InChI=1S/C21H23N5O2S/c27-19(23-15-16-4-3-9-22-14-16)7-8-20(28)25-10-12-26(13-11-25)21-17-5-1-2-6-18(17)29-24-21/h1-6,9,14H,7-8,10-13,15H2,(H,23,27). The first-order chi connectivity index (χ1) is 14.2. The van der Waals surface area contributed by atoms with Gasteiger partial charge < -0.3 is 15.1 Å². The number of aromatic nitrogens is 2. The van der Waals surface area contributed by atoms with Crippen LogP contribution in [0, 0.1) is 0 Å². The number of fused-ring (bicyclic) bond motifs is 1. The summed E-state index contributed by atoms with van der Waals surface area (Å²) in [6.07, 6.45) is 3.85. The molecule has 0 unspecified atom stereocenters. The Hall–Kier alpha value is -3.00. The van der Waals surface area contributed by atoms with E-state index < -0.39 is 0 Å². The topological polar surface area (TPSA) is 78.4 Å². The van der Waals surface area contributed by atoms with Crippen LogP contribution in [0.5, 0.6) is 0 Å². The lowest BCUT2D eigenvalue weighted by atomic mass is 10.2. The number of carbonyl (C=O) groups excluding carboxylic acids is 2. The van der Waals surface area contributed by atoms with Crippen molar-refractivity contribution in [2.75, 3.05) is 31.1 Å². The molecule has 1 aromatic carbocycles. The van der Waals surface area contributed by atoms with Crippen molar-refractivity contribution in [1.82, 2.24) is 19.6 Å². The third-order valence-electron chi connectivity index (χ3n) is 5.07. The highest BCUT2D eigenvalue weighted by atomic mass is 32.1. The Balaban J connectivity index is 1.22. The Bertz CT molecular complexity index is 983. The molecule has 0 aliphatic carbocycles. The van der Waals surface area contributed by atoms with E-state index in [1.165, 1.54) is 21.6 Å². The van der Waals surface area contributed by atoms with Gasteiger partial charge in [-0.3, -0.25) is 14.6 Å². The van der Waals surface area contributed by atoms with Gasteiger partial charge in [0.2, 0.25) is 11.8 Å². The van der Waals surface area contributed by atoms with Gasteiger partial charge in [-0.05, 0) is 35.3 Å². The molecule has 4 rings (SSSR count). The second-order valence-corrected chi connectivity index (χ2v) is 7.81. The van der Waals surface area contributed by atoms with Crippen LogP contribution in [-0.2, 0) is 16.1 Å². The van der Waals surface area contributed by atoms with Crippen molar-refractivity contribution in [3.63, 3.8) is 0 Å². The van der Waals surface area contributed by atoms with E-state index in [-0.39, 0.29) is 24.7 Å². The summed E-state index contributed by atoms with van der Waals surface area (Å²) in [6.45, 7) is 3.25. The van der Waals surface area contributed by atoms with Gasteiger partial charge in [-0.25, -0.2) is 0 Å². The van der Waals surface area contributed by atoms with Crippen molar-refractivity contribution in [1.29, 1.82) is 0 Å². The van der Waals surface area contributed by atoms with E-state index in [4.69, 9.17) is 0 Å². The molecule has 0 bridgehead atoms. The predicted molar refractivity (Wildman–Crippen MR) is 114 cm³/mol. The Kier molecular flexibility index (Phi) is 6.00. The van der Waals surface area contributed by atoms with Crippen LogP contribution in [0.2, 0.25) is 0 Å². The van der Waals surface area contributed by atoms with E-state index in [0.29, 0.717) is 19.6 Å². The Labute approximate surface area is 173 Å². The number of benzene rings is 1. The molecule has 0 radical (unpaired) electrons. The van der Waals surface area contributed by atoms with Gasteiger partial charge in [0.05, 0.1) is 4.70 Å². The van der Waals surface area contributed by atoms with Crippen molar-refractivity contribution in [2.45, 2.75) is 19.4 Å². The number of nitrogens with one attached hydrogen (secondary N) is 1. The summed E-state index contributed by atoms with van der Waals surface area (Å²) >= 11 is 1.51. The van der Waals surface area contributed by atoms with Gasteiger partial charge in [0.15, 0.2) is 0 Å². The highest BCUT2D eigenvalue weighted by Crippen LogP contribution is 2.29. The van der Waals surface area contributed by atoms with Gasteiger partial charge in [0.25, 0.3) is 0 Å². The van der Waals surface area contributed by atoms with E-state index in [2.05, 4.69) is 31.7 Å². The van der Waals surface area contributed by atoms with Gasteiger partial charge >= 0.3 is 0 Å². The van der Waals surface area contributed by atoms with E-state index in [9.17, 15) is 9.59 Å². The maximum atomic E-state index is 12.5. The number of anilines is 1. The molecule has 1 N–H and O–H groups in total. The van der Waals surface area contributed by atoms with Crippen molar-refractivity contribution >= 4 is 39.3 Å². The molecule has 1 saturated heterocycles. The quantitative estimate of drug-likeness (QED) is 0.677. The molecule has 1 fully saturated rings. The highest BCUT2D eigenvalue weighted by molar-refractivity contribution is 7.13. The molecule has 7 nitrogen and oxygen atoms in total. The maximum Gasteiger partial charge on any atom is 0.223 e. The molecular weight excluding hydrogens is 386 g/mol. The third kappa shape index (κ3) is 4.71. The minimum absolute atomic E-state index is 0.0318. The number of hydrogen-bond donors (Lipinski definition) is 1. The molecule has 150 valence electrons. The minimum atomic E-state index is -0.116. The normalized spacial score (nSPS) is 14.2. The highest BCUT2D eigenvalue weighted by Gasteiger charge is 2.23. The average Bonchev–Trinajstić information content (AvgIpc) is 3.21. The van der Waals surface area contributed by atoms with E-state index >= 15 is 0 Å². The van der Waals surface area contributed by atoms with Crippen LogP contribution < -0.4 is 10.2 Å². The number of nitrogens with zero attached hydrogens (tertiary/aromatic N) is 4. The number of hydrogen-bond acceptors (Lipinski definition) is 6. The molecule has 1 aliphatic heterocycles. The van der Waals surface area contributed by atoms with Crippen LogP contribution in [0.25, 0.3) is 10.1 Å². The summed E-state index contributed by atoms with van der Waals surface area (Å²) in [6, 6.07) is 12.0. The molecule has 3 heterocycles. The first-order valence-electron chi connectivity index (χ1n) is 9.73. The van der Waals surface area contributed by atoms with E-state index in [1.54, 1.807) is 12.4 Å². The molecular formula is C21H23N5O2S. The second kappa shape index (κ2) is 9.00. The van der Waals surface area contributed by atoms with Crippen molar-refractivity contribution in [2.24, 2.45) is 0 Å². The first kappa shape index (κ1) is 19.3. The SMILES string of the molecule is O=C(CCC(=O)N1CCN(c2nsc3ccccc23)CC1)NCc1cccnc1. The molecule has 29 heavy (non-hydrogen) atoms. The Morgan fingerprint density at radius 2 is 1.86 bits per heavy atom. The molecule has 2 amide bonds. The number of carbonyl (C=O) groups is 2. The van der Waals surface area contributed by atoms with Gasteiger partial charge in [-0.1, -0.05) is 18.2 Å². The molecule has 2 aromatic heterocycles. The fraction of sp³-hybridized carbons (Fsp3) is 0.333. The van der Waals surface area contributed by atoms with Gasteiger partial charge in [0.1, 0.15) is 5.82 Å². The average molecular weight is 410 g/mol. The van der Waals surface area contributed by atoms with Crippen LogP contribution in [0.4, 0.5) is 5.82 Å². The molecule has 0 atom stereocenters. The summed E-state index contributed by atoms with van der Waals surface area (Å²) in [4.78, 5) is 32.6. The molecule has 1 aliphatic rings. The van der Waals surface area contributed by atoms with Crippen LogP contribution in [0.3, 0.4) is 0 Å². The smallest absolute Gasteiger partial charge is 0.223 e. The Morgan fingerprint density at radius 1 is 1.03 bits per heavy atom. The fourth-order valence-electron chi connectivity index (χ4n) is 3.44.